The van der Waals surface area contributed by atoms with Crippen molar-refractivity contribution in [3.63, 3.8) is 0 Å². The van der Waals surface area contributed by atoms with Crippen molar-refractivity contribution in [2.45, 2.75) is 38.5 Å². The van der Waals surface area contributed by atoms with Crippen molar-refractivity contribution in [3.05, 3.63) is 12.2 Å². The van der Waals surface area contributed by atoms with Gasteiger partial charge in [-0.25, -0.2) is 0 Å². The second-order valence-corrected chi connectivity index (χ2v) is 3.98. The number of carbonyl (C=O) groups is 3. The molecule has 0 aromatic heterocycles. The molecule has 1 saturated carbocycles. The van der Waals surface area contributed by atoms with Crippen molar-refractivity contribution in [2.75, 3.05) is 0 Å². The largest absolute Gasteiger partial charge is 0.481 e. The number of Topliss-reactive ketones (excluding diaryl/α,β-unsaturated/α-hetero) is 2. The molecule has 0 aromatic rings. The molecule has 1 rings (SSSR count). The Kier molecular flexibility index (Phi) is 4.89. The van der Waals surface area contributed by atoms with Crippen LogP contribution in [0.2, 0.25) is 0 Å². The Balaban J connectivity index is 2.18. The predicted octanol–water partition coefficient (Wildman–Crippen LogP) is 1.74. The predicted molar refractivity (Wildman–Crippen MR) is 58.0 cm³/mol. The Hall–Kier alpha value is -1.45. The highest BCUT2D eigenvalue weighted by molar-refractivity contribution is 6.08. The van der Waals surface area contributed by atoms with E-state index in [9.17, 15) is 14.4 Å². The van der Waals surface area contributed by atoms with E-state index in [1.807, 2.05) is 12.2 Å². The molecule has 88 valence electrons. The molecule has 0 aliphatic heterocycles. The highest BCUT2D eigenvalue weighted by atomic mass is 16.4. The van der Waals surface area contributed by atoms with Crippen LogP contribution < -0.4 is 0 Å². The number of carboxylic acid groups (broad SMARTS) is 1. The van der Waals surface area contributed by atoms with Gasteiger partial charge in [-0.3, -0.25) is 14.4 Å². The fourth-order valence-corrected chi connectivity index (χ4v) is 1.76. The van der Waals surface area contributed by atoms with Gasteiger partial charge in [0.15, 0.2) is 0 Å². The first-order valence-corrected chi connectivity index (χ1v) is 5.53. The number of hydrogen-bond donors (Lipinski definition) is 1. The summed E-state index contributed by atoms with van der Waals surface area (Å²) in [5.41, 5.74) is 0. The van der Waals surface area contributed by atoms with Crippen molar-refractivity contribution < 1.29 is 19.5 Å². The maximum atomic E-state index is 11.3. The number of allylic oxidation sites excluding steroid dienone is 2. The number of carboxylic acids is 1. The topological polar surface area (TPSA) is 71.4 Å². The van der Waals surface area contributed by atoms with Crippen LogP contribution in [0.25, 0.3) is 0 Å². The maximum absolute atomic E-state index is 11.3. The molecule has 1 fully saturated rings. The molecule has 0 unspecified atom stereocenters. The first kappa shape index (κ1) is 12.6. The molecule has 0 amide bonds. The van der Waals surface area contributed by atoms with Crippen LogP contribution in [0.15, 0.2) is 12.2 Å². The SMILES string of the molecule is O=C(O)CCCC=CCC1C(=O)CCC1=O. The van der Waals surface area contributed by atoms with Gasteiger partial charge < -0.3 is 5.11 Å². The minimum absolute atomic E-state index is 0.0418. The van der Waals surface area contributed by atoms with E-state index in [2.05, 4.69) is 0 Å². The smallest absolute Gasteiger partial charge is 0.303 e. The molecular formula is C12H16O4. The standard InChI is InChI=1S/C12H16O4/c13-10-7-8-11(14)9(10)5-3-1-2-4-6-12(15)16/h1,3,9H,2,4-8H2,(H,15,16). The minimum atomic E-state index is -0.797. The van der Waals surface area contributed by atoms with E-state index in [1.165, 1.54) is 0 Å². The van der Waals surface area contributed by atoms with Crippen LogP contribution in [0.4, 0.5) is 0 Å². The second kappa shape index (κ2) is 6.20. The van der Waals surface area contributed by atoms with Crippen LogP contribution in [0.5, 0.6) is 0 Å². The summed E-state index contributed by atoms with van der Waals surface area (Å²) in [6, 6.07) is 0. The molecule has 1 aliphatic carbocycles. The van der Waals surface area contributed by atoms with Crippen molar-refractivity contribution >= 4 is 17.5 Å². The summed E-state index contributed by atoms with van der Waals surface area (Å²) in [6.07, 6.45) is 6.35. The number of aliphatic carboxylic acids is 1. The lowest BCUT2D eigenvalue weighted by Gasteiger charge is -2.00. The van der Waals surface area contributed by atoms with Gasteiger partial charge in [-0.2, -0.15) is 0 Å². The normalized spacial score (nSPS) is 17.5. The number of hydrogen-bond acceptors (Lipinski definition) is 3. The van der Waals surface area contributed by atoms with E-state index in [0.29, 0.717) is 32.1 Å². The molecule has 0 aromatic carbocycles. The van der Waals surface area contributed by atoms with E-state index in [-0.39, 0.29) is 18.0 Å². The van der Waals surface area contributed by atoms with Crippen molar-refractivity contribution in [1.29, 1.82) is 0 Å². The fourth-order valence-electron chi connectivity index (χ4n) is 1.76. The quantitative estimate of drug-likeness (QED) is 0.423. The number of ketones is 2. The zero-order valence-corrected chi connectivity index (χ0v) is 9.15. The van der Waals surface area contributed by atoms with Crippen molar-refractivity contribution in [1.82, 2.24) is 0 Å². The molecule has 0 atom stereocenters. The molecule has 0 radical (unpaired) electrons. The molecule has 0 heterocycles. The first-order chi connectivity index (χ1) is 7.61. The summed E-state index contributed by atoms with van der Waals surface area (Å²) >= 11 is 0. The molecule has 4 nitrogen and oxygen atoms in total. The summed E-state index contributed by atoms with van der Waals surface area (Å²) < 4.78 is 0. The van der Waals surface area contributed by atoms with Crippen LogP contribution in [-0.4, -0.2) is 22.6 Å². The molecule has 0 bridgehead atoms. The highest BCUT2D eigenvalue weighted by Gasteiger charge is 2.31. The Morgan fingerprint density at radius 3 is 2.44 bits per heavy atom. The lowest BCUT2D eigenvalue weighted by atomic mass is 10.0. The first-order valence-electron chi connectivity index (χ1n) is 5.53. The van der Waals surface area contributed by atoms with Crippen LogP contribution in [0.1, 0.15) is 38.5 Å². The summed E-state index contributed by atoms with van der Waals surface area (Å²) in [6.45, 7) is 0. The maximum Gasteiger partial charge on any atom is 0.303 e. The second-order valence-electron chi connectivity index (χ2n) is 3.98. The third-order valence-corrected chi connectivity index (χ3v) is 2.70. The average molecular weight is 224 g/mol. The zero-order valence-electron chi connectivity index (χ0n) is 9.15. The molecule has 0 spiro atoms. The minimum Gasteiger partial charge on any atom is -0.481 e. The van der Waals surface area contributed by atoms with E-state index < -0.39 is 11.9 Å². The van der Waals surface area contributed by atoms with Crippen molar-refractivity contribution in [2.24, 2.45) is 5.92 Å². The number of carbonyl (C=O) groups excluding carboxylic acids is 2. The summed E-state index contributed by atoms with van der Waals surface area (Å²) in [5, 5.41) is 8.40. The average Bonchev–Trinajstić information content (AvgIpc) is 2.53. The van der Waals surface area contributed by atoms with Crippen LogP contribution >= 0.6 is 0 Å². The molecule has 4 heteroatoms. The number of rotatable bonds is 6. The third-order valence-electron chi connectivity index (χ3n) is 2.70. The molecule has 16 heavy (non-hydrogen) atoms. The zero-order chi connectivity index (χ0) is 12.0. The van der Waals surface area contributed by atoms with Gasteiger partial charge in [0.2, 0.25) is 0 Å². The number of unbranched alkanes of at least 4 members (excludes halogenated alkanes) is 1. The monoisotopic (exact) mass is 224 g/mol. The van der Waals surface area contributed by atoms with Crippen LogP contribution in [0.3, 0.4) is 0 Å². The third kappa shape index (κ3) is 3.96. The molecular weight excluding hydrogens is 208 g/mol. The highest BCUT2D eigenvalue weighted by Crippen LogP contribution is 2.21. The summed E-state index contributed by atoms with van der Waals surface area (Å²) in [7, 11) is 0. The van der Waals surface area contributed by atoms with E-state index in [1.54, 1.807) is 0 Å². The Labute approximate surface area is 94.3 Å². The van der Waals surface area contributed by atoms with Gasteiger partial charge >= 0.3 is 5.97 Å². The van der Waals surface area contributed by atoms with Crippen molar-refractivity contribution in [3.8, 4) is 0 Å². The van der Waals surface area contributed by atoms with Gasteiger partial charge in [0.25, 0.3) is 0 Å². The fraction of sp³-hybridized carbons (Fsp3) is 0.583. The van der Waals surface area contributed by atoms with Gasteiger partial charge in [0.05, 0.1) is 5.92 Å². The van der Waals surface area contributed by atoms with E-state index >= 15 is 0 Å². The van der Waals surface area contributed by atoms with Gasteiger partial charge in [-0.15, -0.1) is 0 Å². The molecule has 1 N–H and O–H groups in total. The summed E-state index contributed by atoms with van der Waals surface area (Å²) in [4.78, 5) is 32.7. The lowest BCUT2D eigenvalue weighted by Crippen LogP contribution is -2.12. The molecule has 0 saturated heterocycles. The van der Waals surface area contributed by atoms with E-state index in [0.717, 1.165) is 0 Å². The van der Waals surface area contributed by atoms with Gasteiger partial charge in [-0.05, 0) is 19.3 Å². The van der Waals surface area contributed by atoms with Crippen LogP contribution in [-0.2, 0) is 14.4 Å². The van der Waals surface area contributed by atoms with Gasteiger partial charge in [0.1, 0.15) is 11.6 Å². The van der Waals surface area contributed by atoms with Gasteiger partial charge in [-0.1, -0.05) is 12.2 Å². The summed E-state index contributed by atoms with van der Waals surface area (Å²) in [5.74, 6) is -1.15. The Bertz CT molecular complexity index is 301. The lowest BCUT2D eigenvalue weighted by molar-refractivity contribution is -0.137. The Morgan fingerprint density at radius 2 is 1.88 bits per heavy atom. The Morgan fingerprint density at radius 1 is 1.25 bits per heavy atom. The van der Waals surface area contributed by atoms with Crippen LogP contribution in [0, 0.1) is 5.92 Å². The van der Waals surface area contributed by atoms with E-state index in [4.69, 9.17) is 5.11 Å². The van der Waals surface area contributed by atoms with Gasteiger partial charge in [0, 0.05) is 19.3 Å². The molecule has 1 aliphatic rings.